The predicted octanol–water partition coefficient (Wildman–Crippen LogP) is 2.67. The first-order valence-corrected chi connectivity index (χ1v) is 3.37. The topological polar surface area (TPSA) is 29.5 Å². The summed E-state index contributed by atoms with van der Waals surface area (Å²) >= 11 is 0. The van der Waals surface area contributed by atoms with Crippen LogP contribution in [0.2, 0.25) is 0 Å². The molecule has 104 valence electrons. The summed E-state index contributed by atoms with van der Waals surface area (Å²) in [5.74, 6) is -6.91. The molecule has 0 saturated heterocycles. The molecule has 0 radical (unpaired) electrons. The van der Waals surface area contributed by atoms with Crippen molar-refractivity contribution >= 4 is 0 Å². The van der Waals surface area contributed by atoms with Gasteiger partial charge < -0.3 is 5.11 Å². The summed E-state index contributed by atoms with van der Waals surface area (Å²) in [6.45, 7) is 0. The summed E-state index contributed by atoms with van der Waals surface area (Å²) in [4.78, 5) is 0. The van der Waals surface area contributed by atoms with Crippen molar-refractivity contribution in [2.75, 3.05) is 0 Å². The molecule has 0 rings (SSSR count). The van der Waals surface area contributed by atoms with Gasteiger partial charge in [-0.25, -0.2) is 4.39 Å². The van der Waals surface area contributed by atoms with Gasteiger partial charge in [0.2, 0.25) is 0 Å². The lowest BCUT2D eigenvalue weighted by Gasteiger charge is -2.29. The Morgan fingerprint density at radius 2 is 1.18 bits per heavy atom. The van der Waals surface area contributed by atoms with Crippen LogP contribution in [0.25, 0.3) is 0 Å². The van der Waals surface area contributed by atoms with Gasteiger partial charge in [0.1, 0.15) is 0 Å². The fourth-order valence-electron chi connectivity index (χ4n) is 0.440. The molecule has 1 atom stereocenters. The molecule has 0 bridgehead atoms. The third kappa shape index (κ3) is 3.34. The monoisotopic (exact) mass is 284 g/mol. The number of aliphatic hydroxyl groups is 1. The van der Waals surface area contributed by atoms with Crippen LogP contribution in [-0.4, -0.2) is 35.8 Å². The molecule has 0 aromatic heterocycles. The molecule has 1 unspecified atom stereocenters. The van der Waals surface area contributed by atoms with E-state index in [1.54, 1.807) is 0 Å². The lowest BCUT2D eigenvalue weighted by atomic mass is 10.3. The van der Waals surface area contributed by atoms with Gasteiger partial charge in [-0.1, -0.05) is 0 Å². The molecule has 1 N–H and O–H groups in total. The minimum Gasteiger partial charge on any atom is -0.332 e. The number of alkyl halides is 10. The maximum absolute atomic E-state index is 12.1. The van der Waals surface area contributed by atoms with Crippen molar-refractivity contribution in [2.45, 2.75) is 30.7 Å². The molecule has 0 heterocycles. The summed E-state index contributed by atoms with van der Waals surface area (Å²) in [6, 6.07) is 0. The Balaban J connectivity index is 5.04. The molecule has 2 nitrogen and oxygen atoms in total. The lowest BCUT2D eigenvalue weighted by molar-refractivity contribution is -0.462. The molecular weight excluding hydrogens is 282 g/mol. The SMILES string of the molecule is OC(F)(F)C(F)OC(F)(F)C(F)(F)C(F)(F)F. The third-order valence-corrected chi connectivity index (χ3v) is 1.25. The van der Waals surface area contributed by atoms with Crippen LogP contribution >= 0.6 is 0 Å². The Kier molecular flexibility index (Phi) is 3.96. The highest BCUT2D eigenvalue weighted by Gasteiger charge is 2.75. The first-order valence-electron chi connectivity index (χ1n) is 3.37. The van der Waals surface area contributed by atoms with Gasteiger partial charge in [-0.05, 0) is 0 Å². The Bertz CT molecular complexity index is 265. The zero-order chi connectivity index (χ0) is 14.3. The summed E-state index contributed by atoms with van der Waals surface area (Å²) in [5.41, 5.74) is 0. The first-order chi connectivity index (χ1) is 7.13. The number of hydrogen-bond acceptors (Lipinski definition) is 2. The average molecular weight is 284 g/mol. The number of halogens is 10. The second kappa shape index (κ2) is 4.15. The van der Waals surface area contributed by atoms with E-state index < -0.39 is 30.7 Å². The lowest BCUT2D eigenvalue weighted by Crippen LogP contribution is -2.55. The molecular formula is C5H2F10O2. The van der Waals surface area contributed by atoms with Gasteiger partial charge in [0.15, 0.2) is 0 Å². The van der Waals surface area contributed by atoms with Crippen LogP contribution < -0.4 is 0 Å². The standard InChI is InChI=1S/C5H2F10O2/c6-1(2(7,8)16)17-5(14,15)3(9,10)4(11,12)13/h1,16H. The molecule has 17 heavy (non-hydrogen) atoms. The van der Waals surface area contributed by atoms with Crippen molar-refractivity contribution in [2.24, 2.45) is 0 Å². The van der Waals surface area contributed by atoms with Crippen LogP contribution in [0.4, 0.5) is 43.9 Å². The molecule has 0 aliphatic heterocycles. The molecule has 0 aliphatic rings. The van der Waals surface area contributed by atoms with Crippen molar-refractivity contribution in [3.63, 3.8) is 0 Å². The maximum Gasteiger partial charge on any atom is 0.462 e. The van der Waals surface area contributed by atoms with Crippen molar-refractivity contribution in [3.8, 4) is 0 Å². The smallest absolute Gasteiger partial charge is 0.332 e. The van der Waals surface area contributed by atoms with E-state index in [0.717, 1.165) is 0 Å². The van der Waals surface area contributed by atoms with E-state index in [9.17, 15) is 43.9 Å². The van der Waals surface area contributed by atoms with Gasteiger partial charge in [0, 0.05) is 0 Å². The quantitative estimate of drug-likeness (QED) is 0.804. The Morgan fingerprint density at radius 3 is 1.41 bits per heavy atom. The molecule has 0 aromatic rings. The van der Waals surface area contributed by atoms with Gasteiger partial charge in [0.05, 0.1) is 0 Å². The first kappa shape index (κ1) is 16.2. The van der Waals surface area contributed by atoms with Crippen molar-refractivity contribution in [1.29, 1.82) is 0 Å². The Hall–Kier alpha value is -0.780. The largest absolute Gasteiger partial charge is 0.462 e. The van der Waals surface area contributed by atoms with Gasteiger partial charge in [-0.15, -0.1) is 0 Å². The van der Waals surface area contributed by atoms with E-state index in [1.165, 1.54) is 0 Å². The zero-order valence-corrected chi connectivity index (χ0v) is 7.21. The minimum absolute atomic E-state index is 1.92. The normalized spacial score (nSPS) is 17.1. The molecule has 0 spiro atoms. The molecule has 0 amide bonds. The van der Waals surface area contributed by atoms with Gasteiger partial charge in [0.25, 0.3) is 6.36 Å². The minimum atomic E-state index is -6.91. The second-order valence-electron chi connectivity index (χ2n) is 2.61. The summed E-state index contributed by atoms with van der Waals surface area (Å²) in [5, 5.41) is 7.43. The highest BCUT2D eigenvalue weighted by Crippen LogP contribution is 2.48. The summed E-state index contributed by atoms with van der Waals surface area (Å²) in [7, 11) is 0. The summed E-state index contributed by atoms with van der Waals surface area (Å²) in [6.07, 6.45) is -23.9. The molecule has 0 aromatic carbocycles. The molecule has 0 saturated carbocycles. The van der Waals surface area contributed by atoms with Gasteiger partial charge in [-0.3, -0.25) is 4.74 Å². The fraction of sp³-hybridized carbons (Fsp3) is 1.00. The van der Waals surface area contributed by atoms with E-state index in [4.69, 9.17) is 5.11 Å². The van der Waals surface area contributed by atoms with E-state index in [2.05, 4.69) is 0 Å². The van der Waals surface area contributed by atoms with Crippen LogP contribution in [-0.2, 0) is 4.74 Å². The number of ether oxygens (including phenoxy) is 1. The summed E-state index contributed by atoms with van der Waals surface area (Å²) < 4.78 is 119. The van der Waals surface area contributed by atoms with Gasteiger partial charge >= 0.3 is 24.3 Å². The predicted molar refractivity (Wildman–Crippen MR) is 29.1 cm³/mol. The zero-order valence-electron chi connectivity index (χ0n) is 7.21. The molecule has 0 aliphatic carbocycles. The van der Waals surface area contributed by atoms with Crippen LogP contribution in [0, 0.1) is 0 Å². The van der Waals surface area contributed by atoms with Crippen LogP contribution in [0.15, 0.2) is 0 Å². The Labute approximate surface area is 85.8 Å². The number of hydrogen-bond donors (Lipinski definition) is 1. The van der Waals surface area contributed by atoms with Crippen molar-refractivity contribution in [3.05, 3.63) is 0 Å². The van der Waals surface area contributed by atoms with E-state index in [1.807, 2.05) is 4.74 Å². The van der Waals surface area contributed by atoms with Crippen LogP contribution in [0.5, 0.6) is 0 Å². The van der Waals surface area contributed by atoms with Crippen LogP contribution in [0.1, 0.15) is 0 Å². The third-order valence-electron chi connectivity index (χ3n) is 1.25. The Morgan fingerprint density at radius 1 is 0.824 bits per heavy atom. The van der Waals surface area contributed by atoms with E-state index >= 15 is 0 Å². The molecule has 0 fully saturated rings. The van der Waals surface area contributed by atoms with Crippen LogP contribution in [0.3, 0.4) is 0 Å². The van der Waals surface area contributed by atoms with Crippen molar-refractivity contribution < 1.29 is 53.7 Å². The van der Waals surface area contributed by atoms with Crippen molar-refractivity contribution in [1.82, 2.24) is 0 Å². The highest BCUT2D eigenvalue weighted by molar-refractivity contribution is 4.85. The maximum atomic E-state index is 12.1. The molecule has 12 heteroatoms. The van der Waals surface area contributed by atoms with E-state index in [0.29, 0.717) is 0 Å². The van der Waals surface area contributed by atoms with Gasteiger partial charge in [-0.2, -0.15) is 39.5 Å². The second-order valence-corrected chi connectivity index (χ2v) is 2.61. The fourth-order valence-corrected chi connectivity index (χ4v) is 0.440. The van der Waals surface area contributed by atoms with E-state index in [-0.39, 0.29) is 0 Å². The number of rotatable bonds is 4. The average Bonchev–Trinajstić information content (AvgIpc) is 1.98. The highest BCUT2D eigenvalue weighted by atomic mass is 19.4.